The monoisotopic (exact) mass is 378 g/mol. The molecule has 0 saturated heterocycles. The van der Waals surface area contributed by atoms with E-state index >= 15 is 0 Å². The summed E-state index contributed by atoms with van der Waals surface area (Å²) in [6.07, 6.45) is 1.34. The molecule has 3 aromatic rings. The summed E-state index contributed by atoms with van der Waals surface area (Å²) in [4.78, 5) is 23.8. The van der Waals surface area contributed by atoms with E-state index in [0.717, 1.165) is 0 Å². The quantitative estimate of drug-likeness (QED) is 0.645. The number of nitrogens with two attached hydrogens (primary N) is 1. The van der Waals surface area contributed by atoms with Crippen molar-refractivity contribution in [1.29, 1.82) is 0 Å². The molecule has 0 fully saturated rings. The fraction of sp³-hybridized carbons (Fsp3) is 0.0667. The highest BCUT2D eigenvalue weighted by Crippen LogP contribution is 2.29. The van der Waals surface area contributed by atoms with E-state index in [1.54, 1.807) is 25.2 Å². The number of carbonyl (C=O) groups is 2. The van der Waals surface area contributed by atoms with E-state index in [-0.39, 0.29) is 17.1 Å². The summed E-state index contributed by atoms with van der Waals surface area (Å²) in [6.45, 7) is 0. The number of halogens is 2. The molecular weight excluding hydrogens is 367 g/mol. The lowest BCUT2D eigenvalue weighted by atomic mass is 10.1. The number of aromatic nitrogens is 4. The van der Waals surface area contributed by atoms with Gasteiger partial charge in [-0.2, -0.15) is 10.2 Å². The van der Waals surface area contributed by atoms with E-state index in [2.05, 4.69) is 20.6 Å². The minimum Gasteiger partial charge on any atom is -0.364 e. The molecule has 128 valence electrons. The lowest BCUT2D eigenvalue weighted by Crippen LogP contribution is -2.20. The molecule has 0 atom stereocenters. The van der Waals surface area contributed by atoms with Crippen molar-refractivity contribution < 1.29 is 9.59 Å². The van der Waals surface area contributed by atoms with E-state index in [1.165, 1.54) is 16.9 Å². The first-order valence-corrected chi connectivity index (χ1v) is 7.76. The number of nitrogens with zero attached hydrogens (tertiary/aromatic N) is 3. The zero-order valence-corrected chi connectivity index (χ0v) is 14.4. The molecule has 0 aliphatic rings. The summed E-state index contributed by atoms with van der Waals surface area (Å²) in [6, 6.07) is 6.49. The van der Waals surface area contributed by atoms with Gasteiger partial charge in [-0.25, -0.2) is 0 Å². The van der Waals surface area contributed by atoms with Gasteiger partial charge >= 0.3 is 0 Å². The Morgan fingerprint density at radius 1 is 1.28 bits per heavy atom. The third-order valence-corrected chi connectivity index (χ3v) is 4.00. The molecule has 2 heterocycles. The second kappa shape index (κ2) is 6.58. The van der Waals surface area contributed by atoms with Gasteiger partial charge in [-0.3, -0.25) is 19.4 Å². The Labute approximate surface area is 151 Å². The average Bonchev–Trinajstić information content (AvgIpc) is 3.14. The third-order valence-electron chi connectivity index (χ3n) is 3.45. The van der Waals surface area contributed by atoms with Crippen LogP contribution in [-0.4, -0.2) is 31.8 Å². The minimum atomic E-state index is -0.700. The van der Waals surface area contributed by atoms with Gasteiger partial charge < -0.3 is 11.1 Å². The van der Waals surface area contributed by atoms with Gasteiger partial charge in [0.2, 0.25) is 0 Å². The van der Waals surface area contributed by atoms with Gasteiger partial charge in [0, 0.05) is 17.6 Å². The first kappa shape index (κ1) is 17.0. The minimum absolute atomic E-state index is 0.0915. The number of rotatable bonds is 4. The van der Waals surface area contributed by atoms with Gasteiger partial charge in [0.05, 0.1) is 22.6 Å². The maximum atomic E-state index is 12.4. The highest BCUT2D eigenvalue weighted by atomic mass is 35.5. The van der Waals surface area contributed by atoms with Crippen LogP contribution in [0.4, 0.5) is 5.69 Å². The molecule has 0 aliphatic carbocycles. The molecule has 2 aromatic heterocycles. The Bertz CT molecular complexity index is 978. The molecule has 0 radical (unpaired) electrons. The number of benzene rings is 1. The van der Waals surface area contributed by atoms with Gasteiger partial charge in [-0.05, 0) is 24.3 Å². The molecule has 3 rings (SSSR count). The molecule has 2 amide bonds. The third kappa shape index (κ3) is 3.35. The maximum absolute atomic E-state index is 12.4. The molecule has 0 aliphatic heterocycles. The van der Waals surface area contributed by atoms with Crippen LogP contribution in [0, 0.1) is 0 Å². The standard InChI is InChI=1S/C15H12Cl2N6O2/c1-23-13(14(18)24)12(6-19-23)20-15(25)11-5-10(21-22-11)8-3-2-7(16)4-9(8)17/h2-6H,1H3,(H2,18,24)(H,20,25)(H,21,22). The van der Waals surface area contributed by atoms with E-state index in [4.69, 9.17) is 28.9 Å². The summed E-state index contributed by atoms with van der Waals surface area (Å²) in [5, 5.41) is 14.1. The van der Waals surface area contributed by atoms with Crippen LogP contribution in [0.3, 0.4) is 0 Å². The van der Waals surface area contributed by atoms with E-state index in [0.29, 0.717) is 21.3 Å². The number of nitrogens with one attached hydrogen (secondary N) is 2. The molecule has 0 bridgehead atoms. The van der Waals surface area contributed by atoms with Crippen LogP contribution in [0.1, 0.15) is 21.0 Å². The van der Waals surface area contributed by atoms with Crippen LogP contribution in [0.2, 0.25) is 10.0 Å². The Morgan fingerprint density at radius 2 is 2.04 bits per heavy atom. The molecule has 0 spiro atoms. The van der Waals surface area contributed by atoms with E-state index in [9.17, 15) is 9.59 Å². The topological polar surface area (TPSA) is 119 Å². The molecule has 0 saturated carbocycles. The van der Waals surface area contributed by atoms with Crippen molar-refractivity contribution in [2.24, 2.45) is 12.8 Å². The molecule has 10 heteroatoms. The summed E-state index contributed by atoms with van der Waals surface area (Å²) >= 11 is 12.0. The van der Waals surface area contributed by atoms with Gasteiger partial charge in [0.1, 0.15) is 11.4 Å². The van der Waals surface area contributed by atoms with Crippen molar-refractivity contribution in [2.45, 2.75) is 0 Å². The van der Waals surface area contributed by atoms with Crippen molar-refractivity contribution in [1.82, 2.24) is 20.0 Å². The highest BCUT2D eigenvalue weighted by molar-refractivity contribution is 6.36. The number of H-pyrrole nitrogens is 1. The van der Waals surface area contributed by atoms with Gasteiger partial charge in [-0.15, -0.1) is 0 Å². The lowest BCUT2D eigenvalue weighted by Gasteiger charge is -2.03. The van der Waals surface area contributed by atoms with Crippen LogP contribution in [0.15, 0.2) is 30.5 Å². The smallest absolute Gasteiger partial charge is 0.273 e. The second-order valence-electron chi connectivity index (χ2n) is 5.14. The molecule has 4 N–H and O–H groups in total. The number of aryl methyl sites for hydroxylation is 1. The van der Waals surface area contributed by atoms with Gasteiger partial charge in [0.15, 0.2) is 0 Å². The van der Waals surface area contributed by atoms with Crippen molar-refractivity contribution in [3.8, 4) is 11.3 Å². The second-order valence-corrected chi connectivity index (χ2v) is 5.98. The number of carbonyl (C=O) groups excluding carboxylic acids is 2. The Kier molecular flexibility index (Phi) is 4.47. The van der Waals surface area contributed by atoms with Crippen LogP contribution >= 0.6 is 23.2 Å². The number of hydrogen-bond donors (Lipinski definition) is 3. The number of amides is 2. The summed E-state index contributed by atoms with van der Waals surface area (Å²) in [5.74, 6) is -1.20. The number of anilines is 1. The molecule has 8 nitrogen and oxygen atoms in total. The van der Waals surface area contributed by atoms with Gasteiger partial charge in [-0.1, -0.05) is 23.2 Å². The maximum Gasteiger partial charge on any atom is 0.273 e. The highest BCUT2D eigenvalue weighted by Gasteiger charge is 2.18. The Morgan fingerprint density at radius 3 is 2.72 bits per heavy atom. The summed E-state index contributed by atoms with van der Waals surface area (Å²) in [5.41, 5.74) is 6.87. The van der Waals surface area contributed by atoms with E-state index in [1.807, 2.05) is 0 Å². The normalized spacial score (nSPS) is 10.7. The van der Waals surface area contributed by atoms with Gasteiger partial charge in [0.25, 0.3) is 11.8 Å². The number of aromatic amines is 1. The fourth-order valence-corrected chi connectivity index (χ4v) is 2.79. The fourth-order valence-electron chi connectivity index (χ4n) is 2.28. The first-order chi connectivity index (χ1) is 11.9. The molecular formula is C15H12Cl2N6O2. The largest absolute Gasteiger partial charge is 0.364 e. The van der Waals surface area contributed by atoms with Crippen LogP contribution in [0.25, 0.3) is 11.3 Å². The molecule has 1 aromatic carbocycles. The van der Waals surface area contributed by atoms with Crippen LogP contribution in [-0.2, 0) is 7.05 Å². The number of hydrogen-bond acceptors (Lipinski definition) is 4. The van der Waals surface area contributed by atoms with Crippen molar-refractivity contribution >= 4 is 40.7 Å². The summed E-state index contributed by atoms with van der Waals surface area (Å²) < 4.78 is 1.28. The SMILES string of the molecule is Cn1ncc(NC(=O)c2cc(-c3ccc(Cl)cc3Cl)n[nH]2)c1C(N)=O. The Hall–Kier alpha value is -2.84. The predicted octanol–water partition coefficient (Wildman–Crippen LogP) is 2.47. The Balaban J connectivity index is 1.85. The zero-order chi connectivity index (χ0) is 18.1. The van der Waals surface area contributed by atoms with Crippen LogP contribution in [0.5, 0.6) is 0 Å². The van der Waals surface area contributed by atoms with E-state index < -0.39 is 11.8 Å². The summed E-state index contributed by atoms with van der Waals surface area (Å²) in [7, 11) is 1.55. The zero-order valence-electron chi connectivity index (χ0n) is 12.9. The first-order valence-electron chi connectivity index (χ1n) is 7.01. The molecule has 0 unspecified atom stereocenters. The van der Waals surface area contributed by atoms with Crippen LogP contribution < -0.4 is 11.1 Å². The van der Waals surface area contributed by atoms with Crippen molar-refractivity contribution in [2.75, 3.05) is 5.32 Å². The number of primary amides is 1. The molecule has 25 heavy (non-hydrogen) atoms. The lowest BCUT2D eigenvalue weighted by molar-refractivity contribution is 0.0992. The average molecular weight is 379 g/mol. The predicted molar refractivity (Wildman–Crippen MR) is 93.7 cm³/mol. The van der Waals surface area contributed by atoms with Crippen molar-refractivity contribution in [3.63, 3.8) is 0 Å². The van der Waals surface area contributed by atoms with Crippen molar-refractivity contribution in [3.05, 3.63) is 51.9 Å².